The molecule has 0 radical (unpaired) electrons. The summed E-state index contributed by atoms with van der Waals surface area (Å²) in [4.78, 5) is 12.0. The van der Waals surface area contributed by atoms with Gasteiger partial charge in [0.1, 0.15) is 5.75 Å². The topological polar surface area (TPSA) is 38.3 Å². The molecular weight excluding hydrogens is 226 g/mol. The average Bonchev–Trinajstić information content (AvgIpc) is 2.23. The minimum Gasteiger partial charge on any atom is -0.496 e. The molecule has 1 aliphatic rings. The highest BCUT2D eigenvalue weighted by Gasteiger charge is 2.22. The van der Waals surface area contributed by atoms with Gasteiger partial charge in [0.25, 0.3) is 0 Å². The Morgan fingerprint density at radius 2 is 2.31 bits per heavy atom. The first-order valence-electron chi connectivity index (χ1n) is 5.28. The van der Waals surface area contributed by atoms with Crippen LogP contribution in [-0.4, -0.2) is 26.0 Å². The van der Waals surface area contributed by atoms with E-state index >= 15 is 0 Å². The van der Waals surface area contributed by atoms with Crippen molar-refractivity contribution in [2.45, 2.75) is 6.42 Å². The van der Waals surface area contributed by atoms with E-state index in [2.05, 4.69) is 5.32 Å². The summed E-state index contributed by atoms with van der Waals surface area (Å²) in [5, 5.41) is 3.71. The van der Waals surface area contributed by atoms with Crippen molar-refractivity contribution in [3.05, 3.63) is 28.8 Å². The Morgan fingerprint density at radius 3 is 2.88 bits per heavy atom. The number of ketones is 1. The third-order valence-corrected chi connectivity index (χ3v) is 3.04. The van der Waals surface area contributed by atoms with E-state index < -0.39 is 0 Å². The smallest absolute Gasteiger partial charge is 0.167 e. The first-order valence-corrected chi connectivity index (χ1v) is 5.66. The van der Waals surface area contributed by atoms with Gasteiger partial charge < -0.3 is 10.1 Å². The van der Waals surface area contributed by atoms with Crippen LogP contribution >= 0.6 is 11.6 Å². The van der Waals surface area contributed by atoms with Crippen molar-refractivity contribution in [1.82, 2.24) is 5.32 Å². The molecule has 0 aromatic heterocycles. The Bertz CT molecular complexity index is 402. The van der Waals surface area contributed by atoms with Crippen LogP contribution in [0.4, 0.5) is 0 Å². The van der Waals surface area contributed by atoms with Crippen LogP contribution < -0.4 is 10.1 Å². The van der Waals surface area contributed by atoms with E-state index in [4.69, 9.17) is 16.3 Å². The molecule has 4 heteroatoms. The van der Waals surface area contributed by atoms with E-state index in [0.717, 1.165) is 13.1 Å². The van der Waals surface area contributed by atoms with E-state index in [1.165, 1.54) is 0 Å². The van der Waals surface area contributed by atoms with Crippen molar-refractivity contribution in [1.29, 1.82) is 0 Å². The van der Waals surface area contributed by atoms with Crippen LogP contribution in [-0.2, 0) is 0 Å². The van der Waals surface area contributed by atoms with Crippen molar-refractivity contribution in [3.8, 4) is 5.75 Å². The number of ether oxygens (including phenoxy) is 1. The van der Waals surface area contributed by atoms with Gasteiger partial charge in [-0.25, -0.2) is 0 Å². The maximum absolute atomic E-state index is 12.0. The van der Waals surface area contributed by atoms with Gasteiger partial charge in [-0.1, -0.05) is 11.6 Å². The second kappa shape index (κ2) is 4.85. The maximum Gasteiger partial charge on any atom is 0.167 e. The summed E-state index contributed by atoms with van der Waals surface area (Å²) in [5.74, 6) is 1.16. The van der Waals surface area contributed by atoms with Gasteiger partial charge in [0.15, 0.2) is 5.78 Å². The SMILES string of the molecule is COc1ccc(Cl)cc1C(=O)CC1CNC1. The third kappa shape index (κ3) is 2.36. The molecule has 0 saturated carbocycles. The Labute approximate surface area is 99.7 Å². The first kappa shape index (κ1) is 11.4. The molecule has 3 nitrogen and oxygen atoms in total. The third-order valence-electron chi connectivity index (χ3n) is 2.80. The predicted molar refractivity (Wildman–Crippen MR) is 63.3 cm³/mol. The highest BCUT2D eigenvalue weighted by molar-refractivity contribution is 6.31. The number of methoxy groups -OCH3 is 1. The summed E-state index contributed by atoms with van der Waals surface area (Å²) < 4.78 is 5.16. The zero-order valence-electron chi connectivity index (χ0n) is 9.13. The zero-order valence-corrected chi connectivity index (χ0v) is 9.88. The summed E-state index contributed by atoms with van der Waals surface area (Å²) in [6, 6.07) is 5.13. The molecular formula is C12H14ClNO2. The van der Waals surface area contributed by atoms with Crippen LogP contribution in [0.25, 0.3) is 0 Å². The van der Waals surface area contributed by atoms with Crippen LogP contribution in [0.5, 0.6) is 5.75 Å². The molecule has 1 aromatic rings. The van der Waals surface area contributed by atoms with E-state index in [0.29, 0.717) is 28.7 Å². The first-order chi connectivity index (χ1) is 7.70. The number of nitrogens with one attached hydrogen (secondary N) is 1. The number of hydrogen-bond donors (Lipinski definition) is 1. The number of carbonyl (C=O) groups is 1. The standard InChI is InChI=1S/C12H14ClNO2/c1-16-12-3-2-9(13)5-10(12)11(15)4-8-6-14-7-8/h2-3,5,8,14H,4,6-7H2,1H3. The van der Waals surface area contributed by atoms with Crippen LogP contribution in [0.15, 0.2) is 18.2 Å². The summed E-state index contributed by atoms with van der Waals surface area (Å²) in [6.07, 6.45) is 0.559. The summed E-state index contributed by atoms with van der Waals surface area (Å²) >= 11 is 5.88. The normalized spacial score (nSPS) is 15.6. The summed E-state index contributed by atoms with van der Waals surface area (Å²) in [5.41, 5.74) is 0.585. The van der Waals surface area contributed by atoms with Crippen molar-refractivity contribution >= 4 is 17.4 Å². The largest absolute Gasteiger partial charge is 0.496 e. The molecule has 2 rings (SSSR count). The van der Waals surface area contributed by atoms with Gasteiger partial charge in [-0.05, 0) is 37.2 Å². The van der Waals surface area contributed by atoms with Gasteiger partial charge in [0, 0.05) is 11.4 Å². The van der Waals surface area contributed by atoms with Crippen molar-refractivity contribution in [2.24, 2.45) is 5.92 Å². The fourth-order valence-electron chi connectivity index (χ4n) is 1.76. The van der Waals surface area contributed by atoms with Crippen LogP contribution in [0.3, 0.4) is 0 Å². The van der Waals surface area contributed by atoms with Gasteiger partial charge in [-0.2, -0.15) is 0 Å². The molecule has 1 aliphatic heterocycles. The second-order valence-corrected chi connectivity index (χ2v) is 4.43. The van der Waals surface area contributed by atoms with Crippen molar-refractivity contribution in [2.75, 3.05) is 20.2 Å². The molecule has 0 unspecified atom stereocenters. The molecule has 1 fully saturated rings. The lowest BCUT2D eigenvalue weighted by atomic mass is 9.93. The lowest BCUT2D eigenvalue weighted by Crippen LogP contribution is -2.42. The molecule has 1 aromatic carbocycles. The van der Waals surface area contributed by atoms with E-state index in [1.54, 1.807) is 25.3 Å². The number of benzene rings is 1. The molecule has 0 bridgehead atoms. The Balaban J connectivity index is 2.16. The number of carbonyl (C=O) groups excluding carboxylic acids is 1. The van der Waals surface area contributed by atoms with Crippen molar-refractivity contribution < 1.29 is 9.53 Å². The van der Waals surface area contributed by atoms with E-state index in [-0.39, 0.29) is 5.78 Å². The minimum absolute atomic E-state index is 0.103. The molecule has 86 valence electrons. The van der Waals surface area contributed by atoms with Gasteiger partial charge in [-0.15, -0.1) is 0 Å². The summed E-state index contributed by atoms with van der Waals surface area (Å²) in [7, 11) is 1.56. The van der Waals surface area contributed by atoms with Crippen LogP contribution in [0, 0.1) is 5.92 Å². The van der Waals surface area contributed by atoms with E-state index in [9.17, 15) is 4.79 Å². The van der Waals surface area contributed by atoms with E-state index in [1.807, 2.05) is 0 Å². The number of Topliss-reactive ketones (excluding diaryl/α,β-unsaturated/α-hetero) is 1. The van der Waals surface area contributed by atoms with Gasteiger partial charge in [0.2, 0.25) is 0 Å². The molecule has 0 atom stereocenters. The number of halogens is 1. The highest BCUT2D eigenvalue weighted by atomic mass is 35.5. The minimum atomic E-state index is 0.103. The Kier molecular flexibility index (Phi) is 3.46. The summed E-state index contributed by atoms with van der Waals surface area (Å²) in [6.45, 7) is 1.85. The van der Waals surface area contributed by atoms with Crippen molar-refractivity contribution in [3.63, 3.8) is 0 Å². The molecule has 16 heavy (non-hydrogen) atoms. The Hall–Kier alpha value is -1.06. The van der Waals surface area contributed by atoms with Gasteiger partial charge >= 0.3 is 0 Å². The molecule has 0 spiro atoms. The molecule has 0 amide bonds. The second-order valence-electron chi connectivity index (χ2n) is 4.00. The predicted octanol–water partition coefficient (Wildman–Crippen LogP) is 2.14. The van der Waals surface area contributed by atoms with Crippen LogP contribution in [0.1, 0.15) is 16.8 Å². The van der Waals surface area contributed by atoms with Gasteiger partial charge in [-0.3, -0.25) is 4.79 Å². The fraction of sp³-hybridized carbons (Fsp3) is 0.417. The molecule has 1 saturated heterocycles. The highest BCUT2D eigenvalue weighted by Crippen LogP contribution is 2.25. The quantitative estimate of drug-likeness (QED) is 0.819. The fourth-order valence-corrected chi connectivity index (χ4v) is 1.94. The lowest BCUT2D eigenvalue weighted by molar-refractivity contribution is 0.0942. The van der Waals surface area contributed by atoms with Gasteiger partial charge in [0.05, 0.1) is 12.7 Å². The maximum atomic E-state index is 12.0. The number of hydrogen-bond acceptors (Lipinski definition) is 3. The average molecular weight is 240 g/mol. The number of rotatable bonds is 4. The molecule has 1 N–H and O–H groups in total. The molecule has 1 heterocycles. The van der Waals surface area contributed by atoms with Crippen LogP contribution in [0.2, 0.25) is 5.02 Å². The lowest BCUT2D eigenvalue weighted by Gasteiger charge is -2.26. The monoisotopic (exact) mass is 239 g/mol. The zero-order chi connectivity index (χ0) is 11.5. The molecule has 0 aliphatic carbocycles. The Morgan fingerprint density at radius 1 is 1.56 bits per heavy atom.